The fourth-order valence-corrected chi connectivity index (χ4v) is 4.90. The van der Waals surface area contributed by atoms with Crippen molar-refractivity contribution in [3.8, 4) is 0 Å². The molecule has 1 aromatic carbocycles. The van der Waals surface area contributed by atoms with E-state index in [-0.39, 0.29) is 17.9 Å². The van der Waals surface area contributed by atoms with Crippen LogP contribution in [0.1, 0.15) is 56.0 Å². The average molecular weight is 488 g/mol. The summed E-state index contributed by atoms with van der Waals surface area (Å²) >= 11 is 12.1. The number of benzene rings is 1. The van der Waals surface area contributed by atoms with E-state index in [9.17, 15) is 9.59 Å². The van der Waals surface area contributed by atoms with Gasteiger partial charge in [0.1, 0.15) is 11.5 Å². The predicted octanol–water partition coefficient (Wildman–Crippen LogP) is 4.04. The van der Waals surface area contributed by atoms with Crippen LogP contribution in [0, 0.1) is 13.8 Å². The third-order valence-electron chi connectivity index (χ3n) is 6.51. The Morgan fingerprint density at radius 3 is 2.70 bits per heavy atom. The Bertz CT molecular complexity index is 1260. The molecule has 0 spiro atoms. The van der Waals surface area contributed by atoms with Gasteiger partial charge in [-0.05, 0) is 39.0 Å². The number of hydrogen-bond acceptors (Lipinski definition) is 5. The van der Waals surface area contributed by atoms with Crippen LogP contribution in [0.3, 0.4) is 0 Å². The molecule has 0 saturated heterocycles. The highest BCUT2D eigenvalue weighted by molar-refractivity contribution is 6.42. The zero-order valence-electron chi connectivity index (χ0n) is 18.6. The van der Waals surface area contributed by atoms with Gasteiger partial charge in [0.2, 0.25) is 0 Å². The lowest BCUT2D eigenvalue weighted by molar-refractivity contribution is 0.0637. The van der Waals surface area contributed by atoms with Gasteiger partial charge in [0.25, 0.3) is 11.8 Å². The number of aromatic nitrogens is 3. The number of fused-ring (bicyclic) bond motifs is 3. The van der Waals surface area contributed by atoms with Crippen LogP contribution in [-0.4, -0.2) is 49.1 Å². The van der Waals surface area contributed by atoms with Crippen LogP contribution < -0.4 is 0 Å². The van der Waals surface area contributed by atoms with E-state index in [1.807, 2.05) is 20.8 Å². The third-order valence-corrected chi connectivity index (χ3v) is 7.25. The van der Waals surface area contributed by atoms with Gasteiger partial charge in [0, 0.05) is 35.7 Å². The summed E-state index contributed by atoms with van der Waals surface area (Å²) in [7, 11) is 0. The van der Waals surface area contributed by atoms with Gasteiger partial charge in [-0.2, -0.15) is 5.10 Å². The maximum absolute atomic E-state index is 13.5. The molecule has 0 aliphatic carbocycles. The monoisotopic (exact) mass is 487 g/mol. The van der Waals surface area contributed by atoms with E-state index in [0.717, 1.165) is 22.5 Å². The first-order chi connectivity index (χ1) is 15.7. The first kappa shape index (κ1) is 22.0. The number of rotatable bonds is 3. The molecule has 5 rings (SSSR count). The zero-order valence-corrected chi connectivity index (χ0v) is 20.1. The molecule has 0 radical (unpaired) electrons. The Labute approximate surface area is 201 Å². The Morgan fingerprint density at radius 2 is 2.00 bits per heavy atom. The van der Waals surface area contributed by atoms with Gasteiger partial charge in [0.05, 0.1) is 41.1 Å². The number of nitrogens with zero attached hydrogens (tertiary/aromatic N) is 5. The molecule has 0 saturated carbocycles. The number of carbonyl (C=O) groups is 2. The highest BCUT2D eigenvalue weighted by Crippen LogP contribution is 2.31. The fourth-order valence-electron chi connectivity index (χ4n) is 4.60. The number of carbonyl (C=O) groups excluding carboxylic acids is 2. The lowest BCUT2D eigenvalue weighted by Crippen LogP contribution is -2.44. The summed E-state index contributed by atoms with van der Waals surface area (Å²) in [5.41, 5.74) is 4.43. The summed E-state index contributed by atoms with van der Waals surface area (Å²) in [6.45, 7) is 7.62. The van der Waals surface area contributed by atoms with Gasteiger partial charge in [-0.15, -0.1) is 0 Å². The van der Waals surface area contributed by atoms with Crippen LogP contribution in [0.25, 0.3) is 0 Å². The van der Waals surface area contributed by atoms with Crippen molar-refractivity contribution in [3.05, 3.63) is 67.8 Å². The van der Waals surface area contributed by atoms with Crippen molar-refractivity contribution in [3.63, 3.8) is 0 Å². The smallest absolute Gasteiger partial charge is 0.272 e. The molecule has 4 heterocycles. The van der Waals surface area contributed by atoms with Crippen molar-refractivity contribution in [2.24, 2.45) is 0 Å². The second-order valence-corrected chi connectivity index (χ2v) is 9.46. The topological polar surface area (TPSA) is 84.5 Å². The van der Waals surface area contributed by atoms with Gasteiger partial charge in [-0.25, -0.2) is 0 Å². The summed E-state index contributed by atoms with van der Waals surface area (Å²) in [5.74, 6) is 0.475. The Hall–Kier alpha value is -2.84. The zero-order chi connectivity index (χ0) is 23.4. The van der Waals surface area contributed by atoms with Crippen LogP contribution >= 0.6 is 23.2 Å². The van der Waals surface area contributed by atoms with Crippen molar-refractivity contribution in [2.75, 3.05) is 6.54 Å². The predicted molar refractivity (Wildman–Crippen MR) is 122 cm³/mol. The largest absolute Gasteiger partial charge is 0.361 e. The molecule has 0 unspecified atom stereocenters. The third kappa shape index (κ3) is 3.71. The van der Waals surface area contributed by atoms with E-state index in [4.69, 9.17) is 32.8 Å². The van der Waals surface area contributed by atoms with Crippen molar-refractivity contribution in [1.29, 1.82) is 0 Å². The first-order valence-corrected chi connectivity index (χ1v) is 11.6. The molecular formula is C23H23Cl2N5O3. The molecule has 3 aromatic rings. The van der Waals surface area contributed by atoms with Crippen LogP contribution in [0.4, 0.5) is 0 Å². The maximum Gasteiger partial charge on any atom is 0.272 e. The molecule has 33 heavy (non-hydrogen) atoms. The molecule has 8 nitrogen and oxygen atoms in total. The van der Waals surface area contributed by atoms with Crippen molar-refractivity contribution in [1.82, 2.24) is 24.7 Å². The highest BCUT2D eigenvalue weighted by Gasteiger charge is 2.37. The SMILES string of the molecule is Cc1noc(C)c1CN1CCn2nc3c(c2C1=O)CN(C(=O)c1ccc(Cl)c(Cl)c1)[C@H](C)C3. The van der Waals surface area contributed by atoms with Crippen LogP contribution in [0.15, 0.2) is 22.7 Å². The van der Waals surface area contributed by atoms with Gasteiger partial charge < -0.3 is 14.3 Å². The molecule has 2 aliphatic rings. The second-order valence-electron chi connectivity index (χ2n) is 8.64. The molecule has 1 atom stereocenters. The molecule has 0 N–H and O–H groups in total. The van der Waals surface area contributed by atoms with Gasteiger partial charge >= 0.3 is 0 Å². The van der Waals surface area contributed by atoms with E-state index in [1.165, 1.54) is 0 Å². The van der Waals surface area contributed by atoms with E-state index >= 15 is 0 Å². The van der Waals surface area contributed by atoms with Gasteiger partial charge in [-0.3, -0.25) is 14.3 Å². The minimum absolute atomic E-state index is 0.0649. The van der Waals surface area contributed by atoms with E-state index in [2.05, 4.69) is 5.16 Å². The Kier molecular flexibility index (Phi) is 5.45. The number of amides is 2. The molecule has 2 aromatic heterocycles. The summed E-state index contributed by atoms with van der Waals surface area (Å²) < 4.78 is 7.05. The number of aryl methyl sites for hydroxylation is 2. The Balaban J connectivity index is 1.44. The van der Waals surface area contributed by atoms with Gasteiger partial charge in [-0.1, -0.05) is 28.4 Å². The lowest BCUT2D eigenvalue weighted by atomic mass is 9.97. The minimum atomic E-state index is -0.150. The molecule has 0 bridgehead atoms. The van der Waals surface area contributed by atoms with Crippen molar-refractivity contribution in [2.45, 2.75) is 52.9 Å². The fraction of sp³-hybridized carbons (Fsp3) is 0.391. The quantitative estimate of drug-likeness (QED) is 0.556. The maximum atomic E-state index is 13.5. The standard InChI is InChI=1S/C23H23Cl2N5O3/c1-12-8-20-17(11-29(12)22(31)15-4-5-18(24)19(25)9-15)21-23(32)28(6-7-30(21)26-20)10-16-13(2)27-33-14(16)3/h4-5,9,12H,6-8,10-11H2,1-3H3/t12-/m1/s1. The Morgan fingerprint density at radius 1 is 1.21 bits per heavy atom. The lowest BCUT2D eigenvalue weighted by Gasteiger charge is -2.34. The van der Waals surface area contributed by atoms with E-state index in [0.29, 0.717) is 59.7 Å². The summed E-state index contributed by atoms with van der Waals surface area (Å²) in [4.78, 5) is 30.3. The summed E-state index contributed by atoms with van der Waals surface area (Å²) in [6.07, 6.45) is 0.583. The van der Waals surface area contributed by atoms with Crippen LogP contribution in [-0.2, 0) is 26.1 Å². The molecule has 10 heteroatoms. The number of hydrogen-bond donors (Lipinski definition) is 0. The molecule has 172 valence electrons. The average Bonchev–Trinajstić information content (AvgIpc) is 3.30. The highest BCUT2D eigenvalue weighted by atomic mass is 35.5. The van der Waals surface area contributed by atoms with Crippen molar-refractivity contribution >= 4 is 35.0 Å². The van der Waals surface area contributed by atoms with E-state index in [1.54, 1.807) is 32.7 Å². The summed E-state index contributed by atoms with van der Waals surface area (Å²) in [6, 6.07) is 4.81. The van der Waals surface area contributed by atoms with Crippen LogP contribution in [0.5, 0.6) is 0 Å². The second kappa shape index (κ2) is 8.18. The first-order valence-electron chi connectivity index (χ1n) is 10.8. The van der Waals surface area contributed by atoms with Gasteiger partial charge in [0.15, 0.2) is 0 Å². The van der Waals surface area contributed by atoms with Crippen LogP contribution in [0.2, 0.25) is 10.0 Å². The molecular weight excluding hydrogens is 465 g/mol. The number of halogens is 2. The van der Waals surface area contributed by atoms with E-state index < -0.39 is 0 Å². The normalized spacial score (nSPS) is 17.8. The molecule has 2 aliphatic heterocycles. The van der Waals surface area contributed by atoms with Crippen molar-refractivity contribution < 1.29 is 14.1 Å². The molecule has 0 fully saturated rings. The summed E-state index contributed by atoms with van der Waals surface area (Å²) in [5, 5.41) is 9.44. The molecule has 2 amide bonds. The minimum Gasteiger partial charge on any atom is -0.361 e.